The van der Waals surface area contributed by atoms with Crippen molar-refractivity contribution in [2.24, 2.45) is 5.41 Å². The van der Waals surface area contributed by atoms with Crippen molar-refractivity contribution in [2.75, 3.05) is 19.6 Å². The van der Waals surface area contributed by atoms with E-state index in [1.54, 1.807) is 0 Å². The molecule has 5 nitrogen and oxygen atoms in total. The molecule has 2 N–H and O–H groups in total. The number of carbonyl (C=O) groups is 1. The van der Waals surface area contributed by atoms with Gasteiger partial charge in [-0.05, 0) is 42.9 Å². The number of rotatable bonds is 6. The fraction of sp³-hybridized carbons (Fsp3) is 0.500. The molecule has 6 heteroatoms. The molecule has 0 saturated carbocycles. The first kappa shape index (κ1) is 20.5. The zero-order valence-corrected chi connectivity index (χ0v) is 16.4. The molecule has 3 rings (SSSR count). The summed E-state index contributed by atoms with van der Waals surface area (Å²) < 4.78 is 1.93. The van der Waals surface area contributed by atoms with Crippen LogP contribution in [0.1, 0.15) is 48.8 Å². The molecule has 1 aromatic heterocycles. The van der Waals surface area contributed by atoms with Gasteiger partial charge < -0.3 is 10.6 Å². The molecule has 0 bridgehead atoms. The van der Waals surface area contributed by atoms with E-state index in [1.807, 2.05) is 23.0 Å². The molecule has 1 atom stereocenters. The van der Waals surface area contributed by atoms with Gasteiger partial charge in [0, 0.05) is 19.3 Å². The smallest absolute Gasteiger partial charge is 0.271 e. The Bertz CT molecular complexity index is 693. The van der Waals surface area contributed by atoms with Crippen LogP contribution in [0.3, 0.4) is 0 Å². The van der Waals surface area contributed by atoms with E-state index in [4.69, 9.17) is 0 Å². The fourth-order valence-electron chi connectivity index (χ4n) is 3.34. The first-order chi connectivity index (χ1) is 12.0. The van der Waals surface area contributed by atoms with Crippen LogP contribution < -0.4 is 10.6 Å². The van der Waals surface area contributed by atoms with Crippen LogP contribution in [0.5, 0.6) is 0 Å². The van der Waals surface area contributed by atoms with Crippen LogP contribution in [-0.4, -0.2) is 35.3 Å². The maximum atomic E-state index is 12.4. The number of nitrogens with one attached hydrogen (secondary N) is 2. The van der Waals surface area contributed by atoms with Crippen LogP contribution in [0.25, 0.3) is 0 Å². The minimum atomic E-state index is -0.0938. The van der Waals surface area contributed by atoms with Crippen molar-refractivity contribution in [3.05, 3.63) is 53.9 Å². The number of piperidine rings is 1. The highest BCUT2D eigenvalue weighted by Gasteiger charge is 2.22. The molecule has 0 radical (unpaired) electrons. The lowest BCUT2D eigenvalue weighted by Gasteiger charge is -2.25. The van der Waals surface area contributed by atoms with Gasteiger partial charge in [-0.25, -0.2) is 0 Å². The molecule has 0 aliphatic carbocycles. The third-order valence-electron chi connectivity index (χ3n) is 4.74. The molecule has 1 unspecified atom stereocenters. The second kappa shape index (κ2) is 9.19. The third kappa shape index (κ3) is 5.58. The first-order valence-electron chi connectivity index (χ1n) is 9.11. The number of amides is 1. The summed E-state index contributed by atoms with van der Waals surface area (Å²) in [4.78, 5) is 12.4. The van der Waals surface area contributed by atoms with Crippen LogP contribution in [-0.2, 0) is 6.42 Å². The van der Waals surface area contributed by atoms with Gasteiger partial charge in [0.15, 0.2) is 0 Å². The highest BCUT2D eigenvalue weighted by atomic mass is 35.5. The fourth-order valence-corrected chi connectivity index (χ4v) is 3.34. The normalized spacial score (nSPS) is 17.4. The molecule has 1 aliphatic rings. The average Bonchev–Trinajstić information content (AvgIpc) is 3.11. The van der Waals surface area contributed by atoms with Crippen LogP contribution >= 0.6 is 12.4 Å². The summed E-state index contributed by atoms with van der Waals surface area (Å²) in [6.45, 7) is 6.96. The lowest BCUT2D eigenvalue weighted by atomic mass is 9.85. The van der Waals surface area contributed by atoms with E-state index < -0.39 is 0 Å². The molecule has 142 valence electrons. The maximum absolute atomic E-state index is 12.4. The van der Waals surface area contributed by atoms with Gasteiger partial charge in [0.05, 0.1) is 6.04 Å². The van der Waals surface area contributed by atoms with E-state index in [1.165, 1.54) is 5.56 Å². The zero-order chi connectivity index (χ0) is 17.7. The van der Waals surface area contributed by atoms with E-state index in [0.717, 1.165) is 32.4 Å². The van der Waals surface area contributed by atoms with Gasteiger partial charge in [-0.3, -0.25) is 9.48 Å². The molecule has 26 heavy (non-hydrogen) atoms. The van der Waals surface area contributed by atoms with E-state index >= 15 is 0 Å². The predicted molar refractivity (Wildman–Crippen MR) is 107 cm³/mol. The Balaban J connectivity index is 0.00000243. The average molecular weight is 377 g/mol. The van der Waals surface area contributed by atoms with E-state index in [0.29, 0.717) is 18.3 Å². The second-order valence-corrected chi connectivity index (χ2v) is 7.69. The lowest BCUT2D eigenvalue weighted by Crippen LogP contribution is -2.36. The van der Waals surface area contributed by atoms with Crippen LogP contribution in [0.4, 0.5) is 0 Å². The molecule has 1 saturated heterocycles. The van der Waals surface area contributed by atoms with Crippen LogP contribution in [0.15, 0.2) is 42.6 Å². The quantitative estimate of drug-likeness (QED) is 0.813. The van der Waals surface area contributed by atoms with Crippen molar-refractivity contribution in [3.8, 4) is 0 Å². The lowest BCUT2D eigenvalue weighted by molar-refractivity contribution is 0.0930. The topological polar surface area (TPSA) is 59.0 Å². The minimum absolute atomic E-state index is 0. The van der Waals surface area contributed by atoms with Gasteiger partial charge in [-0.2, -0.15) is 5.10 Å². The van der Waals surface area contributed by atoms with Gasteiger partial charge in [-0.15, -0.1) is 12.4 Å². The Morgan fingerprint density at radius 3 is 2.77 bits per heavy atom. The van der Waals surface area contributed by atoms with Crippen LogP contribution in [0, 0.1) is 5.41 Å². The molecule has 1 amide bonds. The molecule has 2 aromatic rings. The Morgan fingerprint density at radius 2 is 2.08 bits per heavy atom. The molecule has 1 aliphatic heterocycles. The van der Waals surface area contributed by atoms with Gasteiger partial charge in [0.2, 0.25) is 0 Å². The second-order valence-electron chi connectivity index (χ2n) is 7.69. The van der Waals surface area contributed by atoms with Crippen molar-refractivity contribution in [2.45, 2.75) is 39.2 Å². The van der Waals surface area contributed by atoms with E-state index in [-0.39, 0.29) is 23.7 Å². The maximum Gasteiger partial charge on any atom is 0.271 e. The number of carbonyl (C=O) groups excluding carboxylic acids is 1. The first-order valence-corrected chi connectivity index (χ1v) is 9.11. The minimum Gasteiger partial charge on any atom is -0.350 e. The van der Waals surface area contributed by atoms with Crippen molar-refractivity contribution in [1.29, 1.82) is 0 Å². The van der Waals surface area contributed by atoms with Gasteiger partial charge in [0.25, 0.3) is 5.91 Å². The highest BCUT2D eigenvalue weighted by molar-refractivity contribution is 5.92. The molecular formula is C20H29ClN4O. The summed E-state index contributed by atoms with van der Waals surface area (Å²) in [6.07, 6.45) is 5.11. The summed E-state index contributed by atoms with van der Waals surface area (Å²) in [7, 11) is 0. The Labute approximate surface area is 162 Å². The predicted octanol–water partition coefficient (Wildman–Crippen LogP) is 3.23. The van der Waals surface area contributed by atoms with Crippen LogP contribution in [0.2, 0.25) is 0 Å². The highest BCUT2D eigenvalue weighted by Crippen LogP contribution is 2.21. The largest absolute Gasteiger partial charge is 0.350 e. The zero-order valence-electron chi connectivity index (χ0n) is 15.6. The SMILES string of the molecule is CC(C)(CNC(=O)c1ccn(C2CCCNC2)n1)Cc1ccccc1.Cl. The van der Waals surface area contributed by atoms with E-state index in [9.17, 15) is 4.79 Å². The number of halogens is 1. The van der Waals surface area contributed by atoms with E-state index in [2.05, 4.69) is 53.8 Å². The molecule has 2 heterocycles. The summed E-state index contributed by atoms with van der Waals surface area (Å²) >= 11 is 0. The number of nitrogens with zero attached hydrogens (tertiary/aromatic N) is 2. The molecule has 1 aromatic carbocycles. The Morgan fingerprint density at radius 1 is 1.31 bits per heavy atom. The summed E-state index contributed by atoms with van der Waals surface area (Å²) in [6, 6.07) is 12.6. The number of hydrogen-bond acceptors (Lipinski definition) is 3. The summed E-state index contributed by atoms with van der Waals surface area (Å²) in [5, 5.41) is 10.9. The monoisotopic (exact) mass is 376 g/mol. The Hall–Kier alpha value is -1.85. The Kier molecular flexibility index (Phi) is 7.23. The number of hydrogen-bond donors (Lipinski definition) is 2. The van der Waals surface area contributed by atoms with Crippen molar-refractivity contribution >= 4 is 18.3 Å². The van der Waals surface area contributed by atoms with Gasteiger partial charge in [0.1, 0.15) is 5.69 Å². The number of benzene rings is 1. The van der Waals surface area contributed by atoms with Gasteiger partial charge >= 0.3 is 0 Å². The molecule has 1 fully saturated rings. The summed E-state index contributed by atoms with van der Waals surface area (Å²) in [5.41, 5.74) is 1.78. The van der Waals surface area contributed by atoms with Gasteiger partial charge in [-0.1, -0.05) is 44.2 Å². The molecule has 0 spiro atoms. The van der Waals surface area contributed by atoms with Crippen molar-refractivity contribution in [1.82, 2.24) is 20.4 Å². The van der Waals surface area contributed by atoms with Crippen molar-refractivity contribution in [3.63, 3.8) is 0 Å². The molecular weight excluding hydrogens is 348 g/mol. The summed E-state index contributed by atoms with van der Waals surface area (Å²) in [5.74, 6) is -0.0938. The number of aromatic nitrogens is 2. The standard InChI is InChI=1S/C20H28N4O.ClH/c1-20(2,13-16-7-4-3-5-8-16)15-22-19(25)18-10-12-24(23-18)17-9-6-11-21-14-17;/h3-5,7-8,10,12,17,21H,6,9,11,13-15H2,1-2H3,(H,22,25);1H. The van der Waals surface area contributed by atoms with Crippen molar-refractivity contribution < 1.29 is 4.79 Å². The third-order valence-corrected chi connectivity index (χ3v) is 4.74.